The number of hydrogen-bond acceptors (Lipinski definition) is 4. The van der Waals surface area contributed by atoms with Gasteiger partial charge in [0.2, 0.25) is 5.91 Å². The van der Waals surface area contributed by atoms with Crippen LogP contribution in [0.3, 0.4) is 0 Å². The molecule has 0 radical (unpaired) electrons. The quantitative estimate of drug-likeness (QED) is 0.497. The predicted octanol–water partition coefficient (Wildman–Crippen LogP) is 4.16. The van der Waals surface area contributed by atoms with Crippen LogP contribution in [0.5, 0.6) is 0 Å². The summed E-state index contributed by atoms with van der Waals surface area (Å²) in [6.45, 7) is 1.45. The number of fused-ring (bicyclic) bond motifs is 1. The molecule has 0 aliphatic rings. The van der Waals surface area contributed by atoms with Crippen molar-refractivity contribution in [2.75, 3.05) is 11.9 Å². The lowest BCUT2D eigenvalue weighted by Gasteiger charge is -2.08. The van der Waals surface area contributed by atoms with E-state index >= 15 is 0 Å². The molecule has 1 N–H and O–H groups in total. The lowest BCUT2D eigenvalue weighted by molar-refractivity contribution is -0.141. The molecule has 28 heavy (non-hydrogen) atoms. The maximum absolute atomic E-state index is 12.2. The van der Waals surface area contributed by atoms with Gasteiger partial charge in [0, 0.05) is 17.7 Å². The van der Waals surface area contributed by atoms with Gasteiger partial charge in [-0.15, -0.1) is 0 Å². The van der Waals surface area contributed by atoms with E-state index in [0.29, 0.717) is 17.7 Å². The van der Waals surface area contributed by atoms with Crippen LogP contribution >= 0.6 is 0 Å². The van der Waals surface area contributed by atoms with Crippen molar-refractivity contribution in [2.24, 2.45) is 0 Å². The first-order valence-electron chi connectivity index (χ1n) is 9.12. The lowest BCUT2D eigenvalue weighted by Crippen LogP contribution is -2.16. The molecule has 0 saturated heterocycles. The second-order valence-electron chi connectivity index (χ2n) is 6.38. The number of benzene rings is 3. The summed E-state index contributed by atoms with van der Waals surface area (Å²) in [5, 5.41) is 4.77. The van der Waals surface area contributed by atoms with Crippen LogP contribution in [0, 0.1) is 0 Å². The number of ether oxygens (including phenoxy) is 1. The Kier molecular flexibility index (Phi) is 6.17. The van der Waals surface area contributed by atoms with Gasteiger partial charge in [-0.05, 0) is 40.6 Å². The largest absolute Gasteiger partial charge is 0.457 e. The van der Waals surface area contributed by atoms with E-state index in [4.69, 9.17) is 4.74 Å². The molecular weight excluding hydrogens is 354 g/mol. The minimum absolute atomic E-state index is 0.0959. The number of nitrogens with one attached hydrogen (secondary N) is 1. The monoisotopic (exact) mass is 375 g/mol. The summed E-state index contributed by atoms with van der Waals surface area (Å²) in [5.74, 6) is -0.836. The molecule has 3 aromatic carbocycles. The van der Waals surface area contributed by atoms with Gasteiger partial charge in [0.25, 0.3) is 0 Å². The van der Waals surface area contributed by atoms with Crippen LogP contribution in [0.2, 0.25) is 0 Å². The van der Waals surface area contributed by atoms with E-state index in [9.17, 15) is 14.4 Å². The molecular formula is C23H21NO4. The Morgan fingerprint density at radius 2 is 1.61 bits per heavy atom. The van der Waals surface area contributed by atoms with Crippen molar-refractivity contribution in [1.82, 2.24) is 0 Å². The van der Waals surface area contributed by atoms with Crippen LogP contribution in [0.1, 0.15) is 29.3 Å². The Morgan fingerprint density at radius 1 is 0.893 bits per heavy atom. The molecule has 0 saturated carbocycles. The number of esters is 1. The fourth-order valence-corrected chi connectivity index (χ4v) is 2.87. The van der Waals surface area contributed by atoms with E-state index in [1.54, 1.807) is 31.2 Å². The zero-order valence-electron chi connectivity index (χ0n) is 15.6. The molecule has 0 aromatic heterocycles. The molecule has 5 nitrogen and oxygen atoms in total. The second kappa shape index (κ2) is 8.95. The maximum atomic E-state index is 12.2. The van der Waals surface area contributed by atoms with Gasteiger partial charge < -0.3 is 10.1 Å². The molecule has 3 aromatic rings. The number of hydrogen-bond donors (Lipinski definition) is 1. The van der Waals surface area contributed by atoms with Gasteiger partial charge in [-0.25, -0.2) is 0 Å². The van der Waals surface area contributed by atoms with E-state index in [-0.39, 0.29) is 24.7 Å². The normalized spacial score (nSPS) is 10.5. The summed E-state index contributed by atoms with van der Waals surface area (Å²) in [7, 11) is 0. The van der Waals surface area contributed by atoms with Gasteiger partial charge in [-0.3, -0.25) is 14.4 Å². The third kappa shape index (κ3) is 4.82. The first kappa shape index (κ1) is 19.3. The highest BCUT2D eigenvalue weighted by atomic mass is 16.5. The molecule has 5 heteroatoms. The topological polar surface area (TPSA) is 72.5 Å². The Bertz CT molecular complexity index is 1000. The van der Waals surface area contributed by atoms with Crippen molar-refractivity contribution in [3.8, 4) is 0 Å². The summed E-state index contributed by atoms with van der Waals surface area (Å²) >= 11 is 0. The Balaban J connectivity index is 1.56. The Labute approximate surface area is 163 Å². The first-order chi connectivity index (χ1) is 13.6. The number of carbonyl (C=O) groups excluding carboxylic acids is 3. The Morgan fingerprint density at radius 3 is 2.36 bits per heavy atom. The van der Waals surface area contributed by atoms with Crippen molar-refractivity contribution in [3.05, 3.63) is 77.9 Å². The number of rotatable bonds is 7. The SMILES string of the molecule is CCC(=O)Nc1ccc(C(=O)COC(=O)Cc2cccc3ccccc23)cc1. The van der Waals surface area contributed by atoms with Crippen LogP contribution in [-0.2, 0) is 20.7 Å². The zero-order valence-corrected chi connectivity index (χ0v) is 15.6. The number of Topliss-reactive ketones (excluding diaryl/α,β-unsaturated/α-hetero) is 1. The summed E-state index contributed by atoms with van der Waals surface area (Å²) in [4.78, 5) is 35.8. The predicted molar refractivity (Wildman–Crippen MR) is 108 cm³/mol. The molecule has 0 aliphatic heterocycles. The maximum Gasteiger partial charge on any atom is 0.310 e. The van der Waals surface area contributed by atoms with Gasteiger partial charge in [-0.1, -0.05) is 49.4 Å². The van der Waals surface area contributed by atoms with Crippen LogP contribution in [0.25, 0.3) is 10.8 Å². The Hall–Kier alpha value is -3.47. The molecule has 0 fully saturated rings. The fourth-order valence-electron chi connectivity index (χ4n) is 2.87. The molecule has 0 unspecified atom stereocenters. The summed E-state index contributed by atoms with van der Waals surface area (Å²) in [6, 6.07) is 20.1. The van der Waals surface area contributed by atoms with Gasteiger partial charge in [0.1, 0.15) is 0 Å². The summed E-state index contributed by atoms with van der Waals surface area (Å²) < 4.78 is 5.17. The molecule has 1 amide bonds. The van der Waals surface area contributed by atoms with Crippen molar-refractivity contribution in [3.63, 3.8) is 0 Å². The standard InChI is InChI=1S/C23H21NO4/c1-2-22(26)24-19-12-10-17(11-13-19)21(25)15-28-23(27)14-18-8-5-7-16-6-3-4-9-20(16)18/h3-13H,2,14-15H2,1H3,(H,24,26). The van der Waals surface area contributed by atoms with Gasteiger partial charge in [-0.2, -0.15) is 0 Å². The van der Waals surface area contributed by atoms with E-state index in [1.807, 2.05) is 42.5 Å². The highest BCUT2D eigenvalue weighted by Crippen LogP contribution is 2.19. The summed E-state index contributed by atoms with van der Waals surface area (Å²) in [6.07, 6.45) is 0.490. The smallest absolute Gasteiger partial charge is 0.310 e. The van der Waals surface area contributed by atoms with Gasteiger partial charge in [0.05, 0.1) is 6.42 Å². The average molecular weight is 375 g/mol. The van der Waals surface area contributed by atoms with Crippen LogP contribution in [-0.4, -0.2) is 24.3 Å². The highest BCUT2D eigenvalue weighted by molar-refractivity contribution is 5.99. The number of anilines is 1. The van der Waals surface area contributed by atoms with Crippen molar-refractivity contribution < 1.29 is 19.1 Å². The van der Waals surface area contributed by atoms with Gasteiger partial charge >= 0.3 is 5.97 Å². The van der Waals surface area contributed by atoms with E-state index < -0.39 is 5.97 Å². The van der Waals surface area contributed by atoms with E-state index in [2.05, 4.69) is 5.32 Å². The molecule has 0 aliphatic carbocycles. The third-order valence-electron chi connectivity index (χ3n) is 4.39. The van der Waals surface area contributed by atoms with E-state index in [0.717, 1.165) is 16.3 Å². The first-order valence-corrected chi connectivity index (χ1v) is 9.12. The molecule has 0 bridgehead atoms. The average Bonchev–Trinajstić information content (AvgIpc) is 2.72. The van der Waals surface area contributed by atoms with Crippen LogP contribution < -0.4 is 5.32 Å². The number of amides is 1. The summed E-state index contributed by atoms with van der Waals surface area (Å²) in [5.41, 5.74) is 1.91. The van der Waals surface area contributed by atoms with Gasteiger partial charge in [0.15, 0.2) is 12.4 Å². The second-order valence-corrected chi connectivity index (χ2v) is 6.38. The van der Waals surface area contributed by atoms with Crippen molar-refractivity contribution in [1.29, 1.82) is 0 Å². The minimum atomic E-state index is -0.448. The van der Waals surface area contributed by atoms with Crippen molar-refractivity contribution >= 4 is 34.1 Å². The minimum Gasteiger partial charge on any atom is -0.457 e. The molecule has 0 atom stereocenters. The third-order valence-corrected chi connectivity index (χ3v) is 4.39. The number of carbonyl (C=O) groups is 3. The zero-order chi connectivity index (χ0) is 19.9. The highest BCUT2D eigenvalue weighted by Gasteiger charge is 2.12. The van der Waals surface area contributed by atoms with Crippen molar-refractivity contribution in [2.45, 2.75) is 19.8 Å². The van der Waals surface area contributed by atoms with E-state index in [1.165, 1.54) is 0 Å². The molecule has 0 spiro atoms. The molecule has 3 rings (SSSR count). The molecule has 142 valence electrons. The van der Waals surface area contributed by atoms with Crippen LogP contribution in [0.15, 0.2) is 66.7 Å². The fraction of sp³-hybridized carbons (Fsp3) is 0.174. The molecule has 0 heterocycles. The van der Waals surface area contributed by atoms with Crippen LogP contribution in [0.4, 0.5) is 5.69 Å². The number of ketones is 1. The lowest BCUT2D eigenvalue weighted by atomic mass is 10.0.